The molecular formula is C24H30N2O4. The van der Waals surface area contributed by atoms with Crippen molar-refractivity contribution in [3.63, 3.8) is 0 Å². The number of benzene rings is 2. The molecule has 2 atom stereocenters. The van der Waals surface area contributed by atoms with Gasteiger partial charge >= 0.3 is 5.97 Å². The molecule has 0 amide bonds. The SMILES string of the molecule is CC(C)CC(NC(C)c1ccc(OC(C)(C)C(=O)O)cc1)c1nc2ccccc2o1. The molecule has 0 bridgehead atoms. The van der Waals surface area contributed by atoms with E-state index in [0.717, 1.165) is 23.1 Å². The van der Waals surface area contributed by atoms with Crippen molar-refractivity contribution in [3.05, 3.63) is 60.0 Å². The number of hydrogen-bond acceptors (Lipinski definition) is 5. The largest absolute Gasteiger partial charge is 0.478 e. The predicted molar refractivity (Wildman–Crippen MR) is 117 cm³/mol. The molecule has 6 heteroatoms. The second-order valence-corrected chi connectivity index (χ2v) is 8.58. The first-order valence-electron chi connectivity index (χ1n) is 10.3. The molecule has 30 heavy (non-hydrogen) atoms. The third-order valence-corrected chi connectivity index (χ3v) is 5.03. The van der Waals surface area contributed by atoms with E-state index in [2.05, 4.69) is 31.1 Å². The summed E-state index contributed by atoms with van der Waals surface area (Å²) in [4.78, 5) is 15.9. The number of carboxylic acids is 1. The second kappa shape index (κ2) is 8.88. The van der Waals surface area contributed by atoms with E-state index in [4.69, 9.17) is 9.15 Å². The molecular weight excluding hydrogens is 380 g/mol. The van der Waals surface area contributed by atoms with Crippen molar-refractivity contribution >= 4 is 17.1 Å². The smallest absolute Gasteiger partial charge is 0.347 e. The Hall–Kier alpha value is -2.86. The van der Waals surface area contributed by atoms with Crippen molar-refractivity contribution < 1.29 is 19.1 Å². The van der Waals surface area contributed by atoms with Gasteiger partial charge in [0.15, 0.2) is 11.2 Å². The van der Waals surface area contributed by atoms with Crippen LogP contribution in [-0.4, -0.2) is 21.7 Å². The molecule has 2 N–H and O–H groups in total. The molecule has 3 rings (SSSR count). The Labute approximate surface area is 177 Å². The molecule has 0 saturated heterocycles. The molecule has 1 aromatic heterocycles. The quantitative estimate of drug-likeness (QED) is 0.484. The van der Waals surface area contributed by atoms with Crippen LogP contribution in [-0.2, 0) is 4.79 Å². The summed E-state index contributed by atoms with van der Waals surface area (Å²) in [6.07, 6.45) is 0.894. The van der Waals surface area contributed by atoms with E-state index in [1.807, 2.05) is 36.4 Å². The summed E-state index contributed by atoms with van der Waals surface area (Å²) < 4.78 is 11.6. The van der Waals surface area contributed by atoms with Crippen LogP contribution in [0.4, 0.5) is 0 Å². The van der Waals surface area contributed by atoms with Gasteiger partial charge in [0, 0.05) is 6.04 Å². The zero-order valence-electron chi connectivity index (χ0n) is 18.2. The van der Waals surface area contributed by atoms with Gasteiger partial charge in [-0.3, -0.25) is 5.32 Å². The number of aromatic nitrogens is 1. The van der Waals surface area contributed by atoms with E-state index in [9.17, 15) is 9.90 Å². The van der Waals surface area contributed by atoms with Gasteiger partial charge in [-0.25, -0.2) is 9.78 Å². The molecule has 0 fully saturated rings. The first-order valence-corrected chi connectivity index (χ1v) is 10.3. The van der Waals surface area contributed by atoms with Crippen LogP contribution in [0.3, 0.4) is 0 Å². The van der Waals surface area contributed by atoms with Crippen molar-refractivity contribution in [2.24, 2.45) is 5.92 Å². The van der Waals surface area contributed by atoms with Crippen LogP contribution in [0.15, 0.2) is 52.9 Å². The minimum Gasteiger partial charge on any atom is -0.478 e. The summed E-state index contributed by atoms with van der Waals surface area (Å²) in [7, 11) is 0. The number of nitrogens with one attached hydrogen (secondary N) is 1. The fourth-order valence-corrected chi connectivity index (χ4v) is 3.31. The second-order valence-electron chi connectivity index (χ2n) is 8.58. The average molecular weight is 411 g/mol. The number of ether oxygens (including phenoxy) is 1. The van der Waals surface area contributed by atoms with Crippen LogP contribution in [0.1, 0.15) is 64.6 Å². The lowest BCUT2D eigenvalue weighted by atomic mass is 10.0. The summed E-state index contributed by atoms with van der Waals surface area (Å²) >= 11 is 0. The lowest BCUT2D eigenvalue weighted by Crippen LogP contribution is -2.37. The van der Waals surface area contributed by atoms with Crippen LogP contribution < -0.4 is 10.1 Å². The Morgan fingerprint density at radius 3 is 2.40 bits per heavy atom. The van der Waals surface area contributed by atoms with Gasteiger partial charge in [-0.1, -0.05) is 38.1 Å². The Balaban J connectivity index is 1.75. The van der Waals surface area contributed by atoms with E-state index in [1.54, 1.807) is 12.1 Å². The van der Waals surface area contributed by atoms with Crippen molar-refractivity contribution in [1.29, 1.82) is 0 Å². The Kier molecular flexibility index (Phi) is 6.46. The minimum atomic E-state index is -1.28. The molecule has 0 aliphatic heterocycles. The molecule has 1 heterocycles. The van der Waals surface area contributed by atoms with Crippen molar-refractivity contribution in [3.8, 4) is 5.75 Å². The number of para-hydroxylation sites is 2. The van der Waals surface area contributed by atoms with E-state index in [0.29, 0.717) is 17.6 Å². The van der Waals surface area contributed by atoms with Crippen LogP contribution in [0, 0.1) is 5.92 Å². The highest BCUT2D eigenvalue weighted by Crippen LogP contribution is 2.28. The normalized spacial score (nSPS) is 14.1. The lowest BCUT2D eigenvalue weighted by Gasteiger charge is -2.24. The molecule has 0 aliphatic rings. The molecule has 3 aromatic rings. The zero-order valence-corrected chi connectivity index (χ0v) is 18.2. The van der Waals surface area contributed by atoms with Crippen LogP contribution in [0.25, 0.3) is 11.1 Å². The first-order chi connectivity index (χ1) is 14.2. The Morgan fingerprint density at radius 1 is 1.13 bits per heavy atom. The van der Waals surface area contributed by atoms with Gasteiger partial charge in [-0.05, 0) is 62.9 Å². The lowest BCUT2D eigenvalue weighted by molar-refractivity contribution is -0.152. The highest BCUT2D eigenvalue weighted by molar-refractivity contribution is 5.76. The number of carbonyl (C=O) groups is 1. The topological polar surface area (TPSA) is 84.6 Å². The van der Waals surface area contributed by atoms with E-state index < -0.39 is 11.6 Å². The molecule has 2 aromatic carbocycles. The molecule has 0 saturated carbocycles. The van der Waals surface area contributed by atoms with Gasteiger partial charge in [-0.15, -0.1) is 0 Å². The Bertz CT molecular complexity index is 959. The van der Waals surface area contributed by atoms with Gasteiger partial charge in [0.2, 0.25) is 5.89 Å². The maximum Gasteiger partial charge on any atom is 0.347 e. The fraction of sp³-hybridized carbons (Fsp3) is 0.417. The van der Waals surface area contributed by atoms with Crippen LogP contribution in [0.2, 0.25) is 0 Å². The highest BCUT2D eigenvalue weighted by atomic mass is 16.5. The summed E-state index contributed by atoms with van der Waals surface area (Å²) in [5.74, 6) is 0.686. The van der Waals surface area contributed by atoms with Crippen molar-refractivity contribution in [2.45, 2.75) is 58.7 Å². The van der Waals surface area contributed by atoms with Crippen molar-refractivity contribution in [2.75, 3.05) is 0 Å². The summed E-state index contributed by atoms with van der Waals surface area (Å²) in [5, 5.41) is 12.9. The van der Waals surface area contributed by atoms with Gasteiger partial charge in [0.25, 0.3) is 0 Å². The van der Waals surface area contributed by atoms with E-state index >= 15 is 0 Å². The van der Waals surface area contributed by atoms with Crippen LogP contribution in [0.5, 0.6) is 5.75 Å². The molecule has 0 aliphatic carbocycles. The molecule has 2 unspecified atom stereocenters. The van der Waals surface area contributed by atoms with Gasteiger partial charge in [0.05, 0.1) is 6.04 Å². The summed E-state index contributed by atoms with van der Waals surface area (Å²) in [5.41, 5.74) is 1.44. The third kappa shape index (κ3) is 5.19. The maximum absolute atomic E-state index is 11.3. The molecule has 0 radical (unpaired) electrons. The monoisotopic (exact) mass is 410 g/mol. The highest BCUT2D eigenvalue weighted by Gasteiger charge is 2.29. The van der Waals surface area contributed by atoms with Gasteiger partial charge in [0.1, 0.15) is 11.3 Å². The standard InChI is InChI=1S/C24H30N2O4/c1-15(2)14-20(22-26-19-8-6-7-9-21(19)29-22)25-16(3)17-10-12-18(13-11-17)30-24(4,5)23(27)28/h6-13,15-16,20,25H,14H2,1-5H3,(H,27,28). The summed E-state index contributed by atoms with van der Waals surface area (Å²) in [6.45, 7) is 9.51. The minimum absolute atomic E-state index is 0.0192. The van der Waals surface area contributed by atoms with Crippen LogP contribution >= 0.6 is 0 Å². The molecule has 160 valence electrons. The Morgan fingerprint density at radius 2 is 1.80 bits per heavy atom. The maximum atomic E-state index is 11.3. The van der Waals surface area contributed by atoms with E-state index in [1.165, 1.54) is 13.8 Å². The van der Waals surface area contributed by atoms with Crippen molar-refractivity contribution in [1.82, 2.24) is 10.3 Å². The number of oxazole rings is 1. The van der Waals surface area contributed by atoms with Gasteiger partial charge in [-0.2, -0.15) is 0 Å². The third-order valence-electron chi connectivity index (χ3n) is 5.03. The fourth-order valence-electron chi connectivity index (χ4n) is 3.31. The number of hydrogen-bond donors (Lipinski definition) is 2. The number of fused-ring (bicyclic) bond motifs is 1. The number of carboxylic acid groups (broad SMARTS) is 1. The average Bonchev–Trinajstić information content (AvgIpc) is 3.11. The van der Waals surface area contributed by atoms with Gasteiger partial charge < -0.3 is 14.3 Å². The molecule has 6 nitrogen and oxygen atoms in total. The molecule has 0 spiro atoms. The number of rotatable bonds is 9. The zero-order chi connectivity index (χ0) is 21.9. The number of nitrogens with zero attached hydrogens (tertiary/aromatic N) is 1. The predicted octanol–water partition coefficient (Wildman–Crippen LogP) is 5.51. The first kappa shape index (κ1) is 21.8. The summed E-state index contributed by atoms with van der Waals surface area (Å²) in [6, 6.07) is 15.3. The van der Waals surface area contributed by atoms with E-state index in [-0.39, 0.29) is 12.1 Å². The number of aliphatic carboxylic acids is 1.